The molecule has 2 unspecified atom stereocenters. The van der Waals surface area contributed by atoms with E-state index in [4.69, 9.17) is 5.11 Å². The predicted molar refractivity (Wildman–Crippen MR) is 60.9 cm³/mol. The molecule has 1 fully saturated rings. The zero-order valence-electron chi connectivity index (χ0n) is 10.4. The number of carboxylic acid groups (broad SMARTS) is 1. The van der Waals surface area contributed by atoms with E-state index in [2.05, 4.69) is 5.32 Å². The van der Waals surface area contributed by atoms with E-state index in [1.807, 2.05) is 13.8 Å². The maximum Gasteiger partial charge on any atom is 0.307 e. The van der Waals surface area contributed by atoms with E-state index >= 15 is 0 Å². The van der Waals surface area contributed by atoms with E-state index in [1.165, 1.54) is 0 Å². The van der Waals surface area contributed by atoms with Crippen LogP contribution in [-0.2, 0) is 9.59 Å². The lowest BCUT2D eigenvalue weighted by atomic mass is 9.92. The average molecular weight is 227 g/mol. The largest absolute Gasteiger partial charge is 0.481 e. The number of nitrogens with one attached hydrogen (secondary N) is 1. The van der Waals surface area contributed by atoms with Gasteiger partial charge in [0.15, 0.2) is 0 Å². The molecule has 2 N–H and O–H groups in total. The van der Waals surface area contributed by atoms with Crippen molar-refractivity contribution in [3.63, 3.8) is 0 Å². The molecule has 1 rings (SSSR count). The van der Waals surface area contributed by atoms with Crippen molar-refractivity contribution < 1.29 is 14.7 Å². The van der Waals surface area contributed by atoms with Gasteiger partial charge in [0.25, 0.3) is 0 Å². The fourth-order valence-corrected chi connectivity index (χ4v) is 1.78. The first-order valence-electron chi connectivity index (χ1n) is 5.80. The molecule has 1 amide bonds. The van der Waals surface area contributed by atoms with Crippen LogP contribution in [0.5, 0.6) is 0 Å². The number of aliphatic carboxylic acids is 1. The van der Waals surface area contributed by atoms with Crippen molar-refractivity contribution in [1.82, 2.24) is 5.32 Å². The number of amides is 1. The van der Waals surface area contributed by atoms with E-state index in [9.17, 15) is 9.59 Å². The Morgan fingerprint density at radius 3 is 2.12 bits per heavy atom. The standard InChI is InChI=1S/C12H21NO3/c1-7(8(2)11(15)16)10(14)13-12(3,4)9-5-6-9/h7-9H,5-6H2,1-4H3,(H,13,14)(H,15,16). The lowest BCUT2D eigenvalue weighted by Gasteiger charge is -2.28. The summed E-state index contributed by atoms with van der Waals surface area (Å²) in [4.78, 5) is 22.6. The molecule has 0 heterocycles. The van der Waals surface area contributed by atoms with Crippen LogP contribution in [0.1, 0.15) is 40.5 Å². The van der Waals surface area contributed by atoms with Gasteiger partial charge in [0, 0.05) is 11.5 Å². The zero-order valence-corrected chi connectivity index (χ0v) is 10.4. The molecule has 4 heteroatoms. The molecule has 2 atom stereocenters. The number of hydrogen-bond donors (Lipinski definition) is 2. The molecule has 0 bridgehead atoms. The van der Waals surface area contributed by atoms with Crippen LogP contribution in [0.4, 0.5) is 0 Å². The van der Waals surface area contributed by atoms with Crippen molar-refractivity contribution in [3.8, 4) is 0 Å². The van der Waals surface area contributed by atoms with E-state index in [1.54, 1.807) is 13.8 Å². The number of hydrogen-bond acceptors (Lipinski definition) is 2. The second-order valence-corrected chi connectivity index (χ2v) is 5.40. The fraction of sp³-hybridized carbons (Fsp3) is 0.833. The number of carbonyl (C=O) groups excluding carboxylic acids is 1. The summed E-state index contributed by atoms with van der Waals surface area (Å²) in [5.41, 5.74) is -0.205. The summed E-state index contributed by atoms with van der Waals surface area (Å²) in [6.45, 7) is 7.23. The van der Waals surface area contributed by atoms with Crippen LogP contribution in [0, 0.1) is 17.8 Å². The molecule has 0 radical (unpaired) electrons. The van der Waals surface area contributed by atoms with Crippen LogP contribution < -0.4 is 5.32 Å². The highest BCUT2D eigenvalue weighted by Gasteiger charge is 2.40. The third-order valence-corrected chi connectivity index (χ3v) is 3.60. The molecule has 0 spiro atoms. The van der Waals surface area contributed by atoms with E-state index in [-0.39, 0.29) is 11.4 Å². The second kappa shape index (κ2) is 4.44. The van der Waals surface area contributed by atoms with Crippen LogP contribution in [0.15, 0.2) is 0 Å². The Kier molecular flexibility index (Phi) is 3.61. The molecule has 0 aromatic carbocycles. The molecule has 0 aromatic heterocycles. The summed E-state index contributed by atoms with van der Waals surface area (Å²) in [7, 11) is 0. The van der Waals surface area contributed by atoms with Crippen molar-refractivity contribution in [2.75, 3.05) is 0 Å². The highest BCUT2D eigenvalue weighted by Crippen LogP contribution is 2.39. The van der Waals surface area contributed by atoms with Crippen molar-refractivity contribution in [2.45, 2.75) is 46.1 Å². The number of rotatable bonds is 5. The molecular formula is C12H21NO3. The van der Waals surface area contributed by atoms with Crippen LogP contribution in [0.2, 0.25) is 0 Å². The maximum absolute atomic E-state index is 11.9. The Bertz CT molecular complexity index is 295. The first kappa shape index (κ1) is 13.0. The summed E-state index contributed by atoms with van der Waals surface area (Å²) < 4.78 is 0. The molecular weight excluding hydrogens is 206 g/mol. The first-order valence-corrected chi connectivity index (χ1v) is 5.80. The molecule has 4 nitrogen and oxygen atoms in total. The normalized spacial score (nSPS) is 20.0. The SMILES string of the molecule is CC(C(=O)O)C(C)C(=O)NC(C)(C)C1CC1. The molecule has 1 aliphatic rings. The highest BCUT2D eigenvalue weighted by molar-refractivity contribution is 5.84. The van der Waals surface area contributed by atoms with Crippen molar-refractivity contribution in [3.05, 3.63) is 0 Å². The van der Waals surface area contributed by atoms with Gasteiger partial charge in [0.1, 0.15) is 0 Å². The summed E-state index contributed by atoms with van der Waals surface area (Å²) in [6.07, 6.45) is 2.30. The summed E-state index contributed by atoms with van der Waals surface area (Å²) in [5.74, 6) is -1.67. The number of carboxylic acids is 1. The molecule has 1 saturated carbocycles. The monoisotopic (exact) mass is 227 g/mol. The van der Waals surface area contributed by atoms with E-state index in [0.717, 1.165) is 12.8 Å². The minimum Gasteiger partial charge on any atom is -0.481 e. The van der Waals surface area contributed by atoms with Gasteiger partial charge in [-0.15, -0.1) is 0 Å². The van der Waals surface area contributed by atoms with Crippen molar-refractivity contribution in [1.29, 1.82) is 0 Å². The van der Waals surface area contributed by atoms with Gasteiger partial charge in [-0.2, -0.15) is 0 Å². The van der Waals surface area contributed by atoms with E-state index in [0.29, 0.717) is 5.92 Å². The van der Waals surface area contributed by atoms with Gasteiger partial charge >= 0.3 is 5.97 Å². The predicted octanol–water partition coefficient (Wildman–Crippen LogP) is 1.65. The topological polar surface area (TPSA) is 66.4 Å². The smallest absolute Gasteiger partial charge is 0.307 e. The van der Waals surface area contributed by atoms with Crippen LogP contribution in [-0.4, -0.2) is 22.5 Å². The van der Waals surface area contributed by atoms with Gasteiger partial charge in [-0.25, -0.2) is 0 Å². The Balaban J connectivity index is 2.54. The summed E-state index contributed by atoms with van der Waals surface area (Å²) in [5, 5.41) is 11.8. The average Bonchev–Trinajstić information content (AvgIpc) is 2.97. The third-order valence-electron chi connectivity index (χ3n) is 3.60. The molecule has 0 aromatic rings. The van der Waals surface area contributed by atoms with E-state index < -0.39 is 17.8 Å². The lowest BCUT2D eigenvalue weighted by Crippen LogP contribution is -2.48. The minimum atomic E-state index is -0.924. The zero-order chi connectivity index (χ0) is 12.5. The van der Waals surface area contributed by atoms with Crippen LogP contribution in [0.25, 0.3) is 0 Å². The molecule has 0 saturated heterocycles. The fourth-order valence-electron chi connectivity index (χ4n) is 1.78. The molecule has 1 aliphatic carbocycles. The van der Waals surface area contributed by atoms with Gasteiger partial charge in [-0.05, 0) is 32.6 Å². The molecule has 92 valence electrons. The summed E-state index contributed by atoms with van der Waals surface area (Å²) in [6, 6.07) is 0. The van der Waals surface area contributed by atoms with Crippen LogP contribution >= 0.6 is 0 Å². The first-order chi connectivity index (χ1) is 7.25. The molecule has 16 heavy (non-hydrogen) atoms. The highest BCUT2D eigenvalue weighted by atomic mass is 16.4. The minimum absolute atomic E-state index is 0.160. The lowest BCUT2D eigenvalue weighted by molar-refractivity contribution is -0.146. The van der Waals surface area contributed by atoms with Gasteiger partial charge < -0.3 is 10.4 Å². The Labute approximate surface area is 96.4 Å². The van der Waals surface area contributed by atoms with Crippen LogP contribution in [0.3, 0.4) is 0 Å². The quantitative estimate of drug-likeness (QED) is 0.750. The van der Waals surface area contributed by atoms with Gasteiger partial charge in [0.05, 0.1) is 5.92 Å². The van der Waals surface area contributed by atoms with Crippen molar-refractivity contribution in [2.24, 2.45) is 17.8 Å². The Hall–Kier alpha value is -1.06. The van der Waals surface area contributed by atoms with Gasteiger partial charge in [0.2, 0.25) is 5.91 Å². The van der Waals surface area contributed by atoms with Crippen molar-refractivity contribution >= 4 is 11.9 Å². The number of carbonyl (C=O) groups is 2. The second-order valence-electron chi connectivity index (χ2n) is 5.40. The maximum atomic E-state index is 11.9. The third kappa shape index (κ3) is 2.97. The summed E-state index contributed by atoms with van der Waals surface area (Å²) >= 11 is 0. The van der Waals surface area contributed by atoms with Gasteiger partial charge in [-0.3, -0.25) is 9.59 Å². The molecule has 0 aliphatic heterocycles. The Morgan fingerprint density at radius 1 is 1.25 bits per heavy atom. The Morgan fingerprint density at radius 2 is 1.75 bits per heavy atom. The van der Waals surface area contributed by atoms with Gasteiger partial charge in [-0.1, -0.05) is 13.8 Å².